The highest BCUT2D eigenvalue weighted by Gasteiger charge is 2.26. The van der Waals surface area contributed by atoms with Crippen LogP contribution in [0.2, 0.25) is 0 Å². The fourth-order valence-electron chi connectivity index (χ4n) is 2.06. The van der Waals surface area contributed by atoms with E-state index in [0.717, 1.165) is 25.9 Å². The molecule has 1 heterocycles. The molecule has 1 unspecified atom stereocenters. The van der Waals surface area contributed by atoms with Crippen LogP contribution in [0.5, 0.6) is 0 Å². The number of likely N-dealkylation sites (tertiary alicyclic amines) is 1. The fourth-order valence-corrected chi connectivity index (χ4v) is 2.06. The predicted molar refractivity (Wildman–Crippen MR) is 55.4 cm³/mol. The summed E-state index contributed by atoms with van der Waals surface area (Å²) in [6, 6.07) is 0. The molecule has 0 saturated carbocycles. The molecular formula is C10H20N2O2. The topological polar surface area (TPSA) is 67.6 Å². The number of nitrogens with zero attached hydrogens (tertiary/aromatic N) is 1. The maximum absolute atomic E-state index is 9.07. The van der Waals surface area contributed by atoms with Gasteiger partial charge in [0.2, 0.25) is 0 Å². The van der Waals surface area contributed by atoms with Gasteiger partial charge in [-0.15, -0.1) is 0 Å². The van der Waals surface area contributed by atoms with Crippen LogP contribution in [0, 0.1) is 17.2 Å². The van der Waals surface area contributed by atoms with Gasteiger partial charge in [0, 0.05) is 32.2 Å². The van der Waals surface area contributed by atoms with Crippen LogP contribution in [-0.2, 0) is 0 Å². The highest BCUT2D eigenvalue weighted by molar-refractivity contribution is 5.76. The van der Waals surface area contributed by atoms with E-state index in [1.165, 1.54) is 0 Å². The third-order valence-electron chi connectivity index (χ3n) is 3.07. The van der Waals surface area contributed by atoms with Crippen LogP contribution in [-0.4, -0.2) is 47.3 Å². The summed E-state index contributed by atoms with van der Waals surface area (Å²) in [5, 5.41) is 25.7. The Morgan fingerprint density at radius 3 is 2.64 bits per heavy atom. The van der Waals surface area contributed by atoms with E-state index >= 15 is 0 Å². The highest BCUT2D eigenvalue weighted by Crippen LogP contribution is 2.23. The van der Waals surface area contributed by atoms with Crippen LogP contribution < -0.4 is 0 Å². The maximum Gasteiger partial charge on any atom is 0.0925 e. The van der Waals surface area contributed by atoms with Crippen molar-refractivity contribution >= 4 is 5.84 Å². The second kappa shape index (κ2) is 5.32. The Bertz CT molecular complexity index is 193. The summed E-state index contributed by atoms with van der Waals surface area (Å²) in [7, 11) is 0. The summed E-state index contributed by atoms with van der Waals surface area (Å²) < 4.78 is 0. The summed E-state index contributed by atoms with van der Waals surface area (Å²) in [4.78, 5) is 2.02. The molecular weight excluding hydrogens is 180 g/mol. The van der Waals surface area contributed by atoms with Crippen molar-refractivity contribution in [2.45, 2.75) is 19.8 Å². The monoisotopic (exact) mass is 200 g/mol. The van der Waals surface area contributed by atoms with Gasteiger partial charge in [0.1, 0.15) is 0 Å². The maximum atomic E-state index is 9.07. The fraction of sp³-hybridized carbons (Fsp3) is 0.900. The third-order valence-corrected chi connectivity index (χ3v) is 3.07. The molecule has 0 radical (unpaired) electrons. The van der Waals surface area contributed by atoms with Gasteiger partial charge in [0.25, 0.3) is 0 Å². The largest absolute Gasteiger partial charge is 0.396 e. The van der Waals surface area contributed by atoms with E-state index in [2.05, 4.69) is 0 Å². The molecule has 0 bridgehead atoms. The zero-order valence-electron chi connectivity index (χ0n) is 8.74. The molecule has 3 N–H and O–H groups in total. The molecule has 82 valence electrons. The molecule has 0 aromatic rings. The smallest absolute Gasteiger partial charge is 0.0925 e. The Hall–Kier alpha value is -0.610. The second-order valence-electron chi connectivity index (χ2n) is 4.06. The van der Waals surface area contributed by atoms with Gasteiger partial charge >= 0.3 is 0 Å². The van der Waals surface area contributed by atoms with Crippen LogP contribution in [0.25, 0.3) is 0 Å². The lowest BCUT2D eigenvalue weighted by molar-refractivity contribution is 0.0766. The molecule has 4 nitrogen and oxygen atoms in total. The first-order valence-corrected chi connectivity index (χ1v) is 5.20. The number of amidine groups is 1. The van der Waals surface area contributed by atoms with Crippen molar-refractivity contribution in [3.63, 3.8) is 0 Å². The predicted octanol–water partition coefficient (Wildman–Crippen LogP) is 0.296. The summed E-state index contributed by atoms with van der Waals surface area (Å²) in [6.07, 6.45) is 2.10. The van der Waals surface area contributed by atoms with Crippen molar-refractivity contribution in [1.82, 2.24) is 4.90 Å². The number of nitrogens with one attached hydrogen (secondary N) is 1. The van der Waals surface area contributed by atoms with Crippen molar-refractivity contribution in [3.8, 4) is 0 Å². The molecule has 1 aliphatic rings. The lowest BCUT2D eigenvalue weighted by atomic mass is 9.86. The SMILES string of the molecule is CC(=N)N1CCCC(C(CO)CO)C1. The van der Waals surface area contributed by atoms with E-state index < -0.39 is 0 Å². The van der Waals surface area contributed by atoms with Gasteiger partial charge in [-0.05, 0) is 25.7 Å². The van der Waals surface area contributed by atoms with Gasteiger partial charge < -0.3 is 15.1 Å². The molecule has 1 rings (SSSR count). The number of piperidine rings is 1. The Morgan fingerprint density at radius 1 is 1.50 bits per heavy atom. The van der Waals surface area contributed by atoms with Crippen LogP contribution in [0.3, 0.4) is 0 Å². The average Bonchev–Trinajstić information content (AvgIpc) is 2.20. The van der Waals surface area contributed by atoms with Crippen molar-refractivity contribution < 1.29 is 10.2 Å². The minimum Gasteiger partial charge on any atom is -0.396 e. The highest BCUT2D eigenvalue weighted by atomic mass is 16.3. The van der Waals surface area contributed by atoms with Gasteiger partial charge in [-0.2, -0.15) is 0 Å². The van der Waals surface area contributed by atoms with Crippen LogP contribution >= 0.6 is 0 Å². The van der Waals surface area contributed by atoms with Crippen molar-refractivity contribution in [2.24, 2.45) is 11.8 Å². The summed E-state index contributed by atoms with van der Waals surface area (Å²) in [5.41, 5.74) is 0. The van der Waals surface area contributed by atoms with Gasteiger partial charge in [-0.25, -0.2) is 0 Å². The number of aliphatic hydroxyl groups excluding tert-OH is 2. The number of hydrogen-bond donors (Lipinski definition) is 3. The van der Waals surface area contributed by atoms with Crippen LogP contribution in [0.1, 0.15) is 19.8 Å². The molecule has 0 spiro atoms. The first kappa shape index (κ1) is 11.5. The normalized spacial score (nSPS) is 22.9. The lowest BCUT2D eigenvalue weighted by Crippen LogP contribution is -2.42. The Balaban J connectivity index is 2.50. The average molecular weight is 200 g/mol. The molecule has 0 aromatic carbocycles. The molecule has 0 aliphatic carbocycles. The van der Waals surface area contributed by atoms with Crippen molar-refractivity contribution in [2.75, 3.05) is 26.3 Å². The lowest BCUT2D eigenvalue weighted by Gasteiger charge is -2.36. The number of rotatable bonds is 3. The zero-order chi connectivity index (χ0) is 10.6. The van der Waals surface area contributed by atoms with E-state index in [1.54, 1.807) is 6.92 Å². The number of aliphatic hydroxyl groups is 2. The second-order valence-corrected chi connectivity index (χ2v) is 4.06. The Kier molecular flexibility index (Phi) is 4.35. The van der Waals surface area contributed by atoms with Gasteiger partial charge in [0.05, 0.1) is 5.84 Å². The molecule has 4 heteroatoms. The molecule has 1 aliphatic heterocycles. The minimum atomic E-state index is -0.0165. The van der Waals surface area contributed by atoms with Gasteiger partial charge in [0.15, 0.2) is 0 Å². The standard InChI is InChI=1S/C10H20N2O2/c1-8(11)12-4-2-3-9(5-12)10(6-13)7-14/h9-11,13-14H,2-7H2,1H3. The molecule has 14 heavy (non-hydrogen) atoms. The summed E-state index contributed by atoms with van der Waals surface area (Å²) in [5.74, 6) is 0.903. The Morgan fingerprint density at radius 2 is 2.14 bits per heavy atom. The third kappa shape index (κ3) is 2.69. The van der Waals surface area contributed by atoms with E-state index in [1.807, 2.05) is 4.90 Å². The molecule has 1 atom stereocenters. The quantitative estimate of drug-likeness (QED) is 0.453. The van der Waals surface area contributed by atoms with Crippen LogP contribution in [0.15, 0.2) is 0 Å². The van der Waals surface area contributed by atoms with Crippen LogP contribution in [0.4, 0.5) is 0 Å². The first-order valence-electron chi connectivity index (χ1n) is 5.20. The van der Waals surface area contributed by atoms with E-state index in [9.17, 15) is 0 Å². The zero-order valence-corrected chi connectivity index (χ0v) is 8.74. The summed E-state index contributed by atoms with van der Waals surface area (Å²) in [6.45, 7) is 3.63. The Labute approximate surface area is 85.1 Å². The minimum absolute atomic E-state index is 0.0165. The molecule has 1 saturated heterocycles. The number of hydrogen-bond acceptors (Lipinski definition) is 3. The molecule has 0 amide bonds. The molecule has 1 fully saturated rings. The van der Waals surface area contributed by atoms with Crippen molar-refractivity contribution in [3.05, 3.63) is 0 Å². The van der Waals surface area contributed by atoms with E-state index in [0.29, 0.717) is 11.8 Å². The van der Waals surface area contributed by atoms with Gasteiger partial charge in [-0.3, -0.25) is 5.41 Å². The van der Waals surface area contributed by atoms with E-state index in [-0.39, 0.29) is 19.1 Å². The van der Waals surface area contributed by atoms with E-state index in [4.69, 9.17) is 15.6 Å². The summed E-state index contributed by atoms with van der Waals surface area (Å²) >= 11 is 0. The van der Waals surface area contributed by atoms with Crippen molar-refractivity contribution in [1.29, 1.82) is 5.41 Å². The first-order chi connectivity index (χ1) is 6.69. The molecule has 0 aromatic heterocycles. The van der Waals surface area contributed by atoms with Gasteiger partial charge in [-0.1, -0.05) is 0 Å².